The lowest BCUT2D eigenvalue weighted by atomic mass is 10.1. The normalized spacial score (nSPS) is 26.8. The van der Waals surface area contributed by atoms with E-state index in [4.69, 9.17) is 9.47 Å². The molecule has 1 saturated carbocycles. The first-order chi connectivity index (χ1) is 11.8. The van der Waals surface area contributed by atoms with E-state index in [0.29, 0.717) is 18.2 Å². The van der Waals surface area contributed by atoms with Gasteiger partial charge < -0.3 is 14.8 Å². The van der Waals surface area contributed by atoms with Crippen LogP contribution in [0.25, 0.3) is 0 Å². The number of ether oxygens (including phenoxy) is 2. The van der Waals surface area contributed by atoms with Gasteiger partial charge in [-0.25, -0.2) is 0 Å². The van der Waals surface area contributed by atoms with Crippen LogP contribution in [0.2, 0.25) is 0 Å². The highest BCUT2D eigenvalue weighted by atomic mass is 16.5. The Balaban J connectivity index is 1.23. The number of carbonyl (C=O) groups excluding carboxylic acids is 1. The lowest BCUT2D eigenvalue weighted by Gasteiger charge is -2.35. The fourth-order valence-corrected chi connectivity index (χ4v) is 3.52. The Morgan fingerprint density at radius 1 is 1.25 bits per heavy atom. The Morgan fingerprint density at radius 3 is 2.88 bits per heavy atom. The van der Waals surface area contributed by atoms with Gasteiger partial charge in [0.2, 0.25) is 0 Å². The van der Waals surface area contributed by atoms with Crippen LogP contribution >= 0.6 is 0 Å². The second-order valence-electron chi connectivity index (χ2n) is 7.24. The number of morpholine rings is 1. The largest absolute Gasteiger partial charge is 0.493 e. The van der Waals surface area contributed by atoms with Crippen molar-refractivity contribution < 1.29 is 14.3 Å². The molecule has 1 aliphatic carbocycles. The van der Waals surface area contributed by atoms with Crippen molar-refractivity contribution in [2.24, 2.45) is 5.92 Å². The topological polar surface area (TPSA) is 50.8 Å². The van der Waals surface area contributed by atoms with Crippen molar-refractivity contribution in [3.05, 3.63) is 29.8 Å². The third-order valence-corrected chi connectivity index (χ3v) is 5.25. The van der Waals surface area contributed by atoms with Gasteiger partial charge in [0.25, 0.3) is 5.91 Å². The highest BCUT2D eigenvalue weighted by molar-refractivity contribution is 5.94. The maximum Gasteiger partial charge on any atom is 0.251 e. The van der Waals surface area contributed by atoms with Gasteiger partial charge in [0, 0.05) is 24.7 Å². The molecule has 0 bridgehead atoms. The summed E-state index contributed by atoms with van der Waals surface area (Å²) in [5.74, 6) is 1.53. The van der Waals surface area contributed by atoms with Crippen LogP contribution < -0.4 is 10.1 Å². The highest BCUT2D eigenvalue weighted by Crippen LogP contribution is 2.29. The minimum Gasteiger partial charge on any atom is -0.493 e. The molecule has 0 spiro atoms. The van der Waals surface area contributed by atoms with E-state index in [9.17, 15) is 4.79 Å². The van der Waals surface area contributed by atoms with Crippen LogP contribution in [0.15, 0.2) is 24.3 Å². The van der Waals surface area contributed by atoms with Gasteiger partial charge >= 0.3 is 0 Å². The van der Waals surface area contributed by atoms with Gasteiger partial charge in [0.05, 0.1) is 19.3 Å². The van der Waals surface area contributed by atoms with Gasteiger partial charge in [0.15, 0.2) is 0 Å². The summed E-state index contributed by atoms with van der Waals surface area (Å²) in [6, 6.07) is 8.01. The van der Waals surface area contributed by atoms with E-state index in [1.54, 1.807) is 0 Å². The molecule has 1 amide bonds. The molecule has 0 radical (unpaired) electrons. The van der Waals surface area contributed by atoms with E-state index < -0.39 is 0 Å². The van der Waals surface area contributed by atoms with E-state index in [0.717, 1.165) is 31.4 Å². The third-order valence-electron chi connectivity index (χ3n) is 5.25. The molecular formula is C19H26N2O3. The Morgan fingerprint density at radius 2 is 2.08 bits per heavy atom. The molecule has 2 saturated heterocycles. The number of nitrogens with zero attached hydrogens (tertiary/aromatic N) is 1. The van der Waals surface area contributed by atoms with Crippen molar-refractivity contribution in [2.75, 3.05) is 32.8 Å². The smallest absolute Gasteiger partial charge is 0.251 e. The van der Waals surface area contributed by atoms with Crippen molar-refractivity contribution in [3.63, 3.8) is 0 Å². The average molecular weight is 330 g/mol. The molecule has 2 aliphatic heterocycles. The predicted octanol–water partition coefficient (Wildman–Crippen LogP) is 2.07. The molecule has 0 aromatic heterocycles. The van der Waals surface area contributed by atoms with Crippen LogP contribution in [-0.2, 0) is 4.74 Å². The van der Waals surface area contributed by atoms with Gasteiger partial charge in [-0.3, -0.25) is 9.69 Å². The number of nitrogens with one attached hydrogen (secondary N) is 1. The first kappa shape index (κ1) is 15.9. The zero-order chi connectivity index (χ0) is 16.4. The molecule has 3 fully saturated rings. The van der Waals surface area contributed by atoms with Crippen molar-refractivity contribution >= 4 is 5.91 Å². The number of hydrogen-bond acceptors (Lipinski definition) is 4. The molecular weight excluding hydrogens is 304 g/mol. The summed E-state index contributed by atoms with van der Waals surface area (Å²) in [6.07, 6.45) is 5.17. The van der Waals surface area contributed by atoms with Crippen LogP contribution in [0.3, 0.4) is 0 Å². The molecule has 1 aromatic rings. The van der Waals surface area contributed by atoms with Gasteiger partial charge in [-0.2, -0.15) is 0 Å². The first-order valence-electron chi connectivity index (χ1n) is 9.14. The van der Waals surface area contributed by atoms with E-state index in [2.05, 4.69) is 10.2 Å². The summed E-state index contributed by atoms with van der Waals surface area (Å²) in [5.41, 5.74) is 0.670. The van der Waals surface area contributed by atoms with E-state index in [1.807, 2.05) is 24.3 Å². The van der Waals surface area contributed by atoms with Crippen LogP contribution in [0.4, 0.5) is 0 Å². The number of fused-ring (bicyclic) bond motifs is 1. The van der Waals surface area contributed by atoms with Gasteiger partial charge in [0.1, 0.15) is 5.75 Å². The zero-order valence-electron chi connectivity index (χ0n) is 14.1. The third kappa shape index (κ3) is 3.90. The predicted molar refractivity (Wildman–Crippen MR) is 91.3 cm³/mol. The van der Waals surface area contributed by atoms with Crippen molar-refractivity contribution in [3.8, 4) is 5.75 Å². The minimum atomic E-state index is -0.0455. The molecule has 1 N–H and O–H groups in total. The fourth-order valence-electron chi connectivity index (χ4n) is 3.52. The number of carbonyl (C=O) groups is 1. The lowest BCUT2D eigenvalue weighted by molar-refractivity contribution is -0.0461. The number of benzene rings is 1. The molecule has 5 nitrogen and oxygen atoms in total. The second kappa shape index (κ2) is 7.11. The fraction of sp³-hybridized carbons (Fsp3) is 0.632. The summed E-state index contributed by atoms with van der Waals surface area (Å²) in [5, 5.41) is 3.00. The van der Waals surface area contributed by atoms with E-state index >= 15 is 0 Å². The lowest BCUT2D eigenvalue weighted by Crippen LogP contribution is -2.50. The summed E-state index contributed by atoms with van der Waals surface area (Å²) in [4.78, 5) is 14.8. The van der Waals surface area contributed by atoms with Crippen LogP contribution in [-0.4, -0.2) is 55.8 Å². The second-order valence-corrected chi connectivity index (χ2v) is 7.24. The zero-order valence-corrected chi connectivity index (χ0v) is 14.1. The van der Waals surface area contributed by atoms with Crippen molar-refractivity contribution in [1.82, 2.24) is 10.2 Å². The molecule has 1 aromatic carbocycles. The minimum absolute atomic E-state index is 0.0455. The van der Waals surface area contributed by atoms with Crippen LogP contribution in [0, 0.1) is 5.92 Å². The number of amides is 1. The molecule has 24 heavy (non-hydrogen) atoms. The van der Waals surface area contributed by atoms with Gasteiger partial charge in [-0.15, -0.1) is 0 Å². The Labute approximate surface area is 143 Å². The van der Waals surface area contributed by atoms with Crippen LogP contribution in [0.5, 0.6) is 5.75 Å². The summed E-state index contributed by atoms with van der Waals surface area (Å²) < 4.78 is 11.6. The Bertz CT molecular complexity index is 570. The molecule has 2 heterocycles. The monoisotopic (exact) mass is 330 g/mol. The maximum absolute atomic E-state index is 12.3. The van der Waals surface area contributed by atoms with Crippen molar-refractivity contribution in [1.29, 1.82) is 0 Å². The maximum atomic E-state index is 12.3. The standard InChI is InChI=1S/C19H26N2O3/c22-19(15-5-7-17(8-6-15)23-12-14-3-4-14)20-10-18-11-21-9-1-2-16(21)13-24-18/h5-8,14,16,18H,1-4,9-13H2,(H,20,22)/t16-,18+/m1/s1. The first-order valence-corrected chi connectivity index (χ1v) is 9.14. The van der Waals surface area contributed by atoms with Crippen LogP contribution in [0.1, 0.15) is 36.0 Å². The summed E-state index contributed by atoms with van der Waals surface area (Å²) in [6.45, 7) is 4.26. The molecule has 130 valence electrons. The van der Waals surface area contributed by atoms with E-state index in [1.165, 1.54) is 32.2 Å². The van der Waals surface area contributed by atoms with Gasteiger partial charge in [-0.05, 0) is 62.4 Å². The SMILES string of the molecule is O=C(NC[C@H]1CN2CCC[C@@H]2CO1)c1ccc(OCC2CC2)cc1. The molecule has 4 rings (SSSR count). The molecule has 3 aliphatic rings. The molecule has 0 unspecified atom stereocenters. The quantitative estimate of drug-likeness (QED) is 0.867. The Hall–Kier alpha value is -1.59. The van der Waals surface area contributed by atoms with Crippen molar-refractivity contribution in [2.45, 2.75) is 37.8 Å². The number of rotatable bonds is 6. The summed E-state index contributed by atoms with van der Waals surface area (Å²) >= 11 is 0. The average Bonchev–Trinajstić information content (AvgIpc) is 3.33. The Kier molecular flexibility index (Phi) is 4.72. The molecule has 5 heteroatoms. The van der Waals surface area contributed by atoms with E-state index in [-0.39, 0.29) is 12.0 Å². The molecule has 2 atom stereocenters. The van der Waals surface area contributed by atoms with Gasteiger partial charge in [-0.1, -0.05) is 0 Å². The summed E-state index contributed by atoms with van der Waals surface area (Å²) in [7, 11) is 0. The highest BCUT2D eigenvalue weighted by Gasteiger charge is 2.32. The number of hydrogen-bond donors (Lipinski definition) is 1.